The first-order valence-corrected chi connectivity index (χ1v) is 12.7. The lowest BCUT2D eigenvalue weighted by molar-refractivity contribution is -0.0558. The maximum Gasteiger partial charge on any atom is 0.147 e. The molecule has 178 valence electrons. The molecule has 8 nitrogen and oxygen atoms in total. The lowest BCUT2D eigenvalue weighted by Crippen LogP contribution is -2.40. The van der Waals surface area contributed by atoms with Crippen molar-refractivity contribution in [3.05, 3.63) is 17.5 Å². The summed E-state index contributed by atoms with van der Waals surface area (Å²) in [5.74, 6) is 1.97. The molecule has 9 heteroatoms. The first kappa shape index (κ1) is 22.7. The van der Waals surface area contributed by atoms with Crippen molar-refractivity contribution in [1.29, 1.82) is 0 Å². The molecule has 1 atom stereocenters. The first-order valence-electron chi connectivity index (χ1n) is 11.9. The third-order valence-corrected chi connectivity index (χ3v) is 7.92. The van der Waals surface area contributed by atoms with E-state index in [1.165, 1.54) is 16.5 Å². The number of thiophene rings is 1. The summed E-state index contributed by atoms with van der Waals surface area (Å²) in [5.41, 5.74) is 3.41. The van der Waals surface area contributed by atoms with E-state index < -0.39 is 0 Å². The summed E-state index contributed by atoms with van der Waals surface area (Å²) in [4.78, 5) is 20.1. The molecule has 3 aromatic heterocycles. The number of nitrogens with one attached hydrogen (secondary N) is 1. The molecule has 2 aliphatic rings. The topological polar surface area (TPSA) is 75.6 Å². The number of aromatic nitrogens is 3. The highest BCUT2D eigenvalue weighted by Crippen LogP contribution is 2.44. The van der Waals surface area contributed by atoms with Crippen LogP contribution >= 0.6 is 11.3 Å². The van der Waals surface area contributed by atoms with Crippen molar-refractivity contribution in [2.24, 2.45) is 0 Å². The van der Waals surface area contributed by atoms with Crippen molar-refractivity contribution in [1.82, 2.24) is 19.9 Å². The third-order valence-electron chi connectivity index (χ3n) is 6.85. The quantitative estimate of drug-likeness (QED) is 0.524. The monoisotopic (exact) mass is 470 g/mol. The van der Waals surface area contributed by atoms with Crippen molar-refractivity contribution in [3.63, 3.8) is 0 Å². The molecule has 3 aromatic rings. The van der Waals surface area contributed by atoms with E-state index in [-0.39, 0.29) is 5.60 Å². The van der Waals surface area contributed by atoms with Gasteiger partial charge in [-0.1, -0.05) is 6.92 Å². The van der Waals surface area contributed by atoms with Crippen LogP contribution < -0.4 is 10.2 Å². The molecule has 0 aliphatic carbocycles. The second-order valence-electron chi connectivity index (χ2n) is 9.53. The SMILES string of the molecule is CC[C@@]1(C)Cc2c(c(N3CCOCC3)nc3sc4c(NCCCN(C)C)ncnc4c23)CO1. The number of hydrogen-bond donors (Lipinski definition) is 1. The molecule has 0 unspecified atom stereocenters. The van der Waals surface area contributed by atoms with Gasteiger partial charge in [0, 0.05) is 37.0 Å². The fourth-order valence-electron chi connectivity index (χ4n) is 4.71. The second kappa shape index (κ2) is 9.29. The number of pyridine rings is 1. The van der Waals surface area contributed by atoms with Crippen LogP contribution in [0.2, 0.25) is 0 Å². The maximum atomic E-state index is 6.37. The number of ether oxygens (including phenoxy) is 2. The van der Waals surface area contributed by atoms with Crippen LogP contribution in [-0.4, -0.2) is 78.9 Å². The number of nitrogens with zero attached hydrogens (tertiary/aromatic N) is 5. The predicted molar refractivity (Wildman–Crippen MR) is 135 cm³/mol. The summed E-state index contributed by atoms with van der Waals surface area (Å²) in [5, 5.41) is 4.73. The maximum absolute atomic E-state index is 6.37. The van der Waals surface area contributed by atoms with E-state index in [2.05, 4.69) is 48.0 Å². The fraction of sp³-hybridized carbons (Fsp3) is 0.625. The number of fused-ring (bicyclic) bond motifs is 5. The van der Waals surface area contributed by atoms with Crippen molar-refractivity contribution in [2.45, 2.75) is 45.3 Å². The molecule has 2 aliphatic heterocycles. The van der Waals surface area contributed by atoms with Gasteiger partial charge in [-0.25, -0.2) is 15.0 Å². The molecule has 0 radical (unpaired) electrons. The average Bonchev–Trinajstić information content (AvgIpc) is 3.21. The normalized spacial score (nSPS) is 21.2. The Hall–Kier alpha value is -2.07. The molecule has 33 heavy (non-hydrogen) atoms. The van der Waals surface area contributed by atoms with E-state index in [0.29, 0.717) is 6.61 Å². The molecule has 0 saturated carbocycles. The Kier molecular flexibility index (Phi) is 6.39. The zero-order valence-electron chi connectivity index (χ0n) is 20.1. The van der Waals surface area contributed by atoms with Gasteiger partial charge in [0.15, 0.2) is 0 Å². The van der Waals surface area contributed by atoms with E-state index in [9.17, 15) is 0 Å². The predicted octanol–water partition coefficient (Wildman–Crippen LogP) is 3.68. The highest BCUT2D eigenvalue weighted by molar-refractivity contribution is 7.26. The van der Waals surface area contributed by atoms with Crippen molar-refractivity contribution >= 4 is 43.4 Å². The summed E-state index contributed by atoms with van der Waals surface area (Å²) < 4.78 is 13.1. The van der Waals surface area contributed by atoms with Gasteiger partial charge in [0.2, 0.25) is 0 Å². The lowest BCUT2D eigenvalue weighted by atomic mass is 9.87. The van der Waals surface area contributed by atoms with Gasteiger partial charge >= 0.3 is 0 Å². The van der Waals surface area contributed by atoms with Crippen molar-refractivity contribution in [3.8, 4) is 0 Å². The van der Waals surface area contributed by atoms with Gasteiger partial charge in [-0.15, -0.1) is 11.3 Å². The molecule has 1 fully saturated rings. The molecular formula is C24H34N6O2S. The van der Waals surface area contributed by atoms with Gasteiger partial charge in [0.05, 0.1) is 35.6 Å². The van der Waals surface area contributed by atoms with Crippen LogP contribution in [0.15, 0.2) is 6.33 Å². The van der Waals surface area contributed by atoms with Crippen LogP contribution in [0.25, 0.3) is 20.4 Å². The highest BCUT2D eigenvalue weighted by atomic mass is 32.1. The van der Waals surface area contributed by atoms with Crippen LogP contribution in [0.3, 0.4) is 0 Å². The molecule has 0 bridgehead atoms. The van der Waals surface area contributed by atoms with Crippen LogP contribution in [-0.2, 0) is 22.5 Å². The van der Waals surface area contributed by atoms with Gasteiger partial charge in [-0.2, -0.15) is 0 Å². The fourth-order valence-corrected chi connectivity index (χ4v) is 5.83. The van der Waals surface area contributed by atoms with E-state index in [1.54, 1.807) is 17.7 Å². The summed E-state index contributed by atoms with van der Waals surface area (Å²) >= 11 is 1.70. The molecule has 0 amide bonds. The van der Waals surface area contributed by atoms with E-state index in [1.807, 2.05) is 0 Å². The van der Waals surface area contributed by atoms with Crippen LogP contribution in [0.5, 0.6) is 0 Å². The summed E-state index contributed by atoms with van der Waals surface area (Å²) in [6.45, 7) is 10.1. The third kappa shape index (κ3) is 4.39. The lowest BCUT2D eigenvalue weighted by Gasteiger charge is -2.37. The minimum atomic E-state index is -0.169. The number of rotatable bonds is 7. The Morgan fingerprint density at radius 1 is 1.21 bits per heavy atom. The van der Waals surface area contributed by atoms with Crippen molar-refractivity contribution in [2.75, 3.05) is 63.7 Å². The van der Waals surface area contributed by atoms with Gasteiger partial charge in [0.1, 0.15) is 22.8 Å². The Morgan fingerprint density at radius 3 is 2.79 bits per heavy atom. The van der Waals surface area contributed by atoms with Crippen LogP contribution in [0, 0.1) is 0 Å². The van der Waals surface area contributed by atoms with E-state index >= 15 is 0 Å². The molecule has 1 N–H and O–H groups in total. The highest BCUT2D eigenvalue weighted by Gasteiger charge is 2.35. The summed E-state index contributed by atoms with van der Waals surface area (Å²) in [7, 11) is 4.20. The minimum absolute atomic E-state index is 0.169. The zero-order chi connectivity index (χ0) is 23.0. The molecule has 0 aromatic carbocycles. The standard InChI is InChI=1S/C24H34N6O2S/c1-5-24(2)13-16-17(14-32-24)22(30-9-11-31-12-10-30)28-23-18(16)19-20(33-23)21(27-15-26-19)25-7-6-8-29(3)4/h15H,5-14H2,1-4H3,(H,25,26,27)/t24-/m0/s1. The number of morpholine rings is 1. The Bertz CT molecular complexity index is 1140. The first-order chi connectivity index (χ1) is 16.0. The smallest absolute Gasteiger partial charge is 0.147 e. The van der Waals surface area contributed by atoms with Crippen molar-refractivity contribution < 1.29 is 9.47 Å². The molecule has 0 spiro atoms. The van der Waals surface area contributed by atoms with E-state index in [0.717, 1.165) is 85.3 Å². The number of anilines is 2. The average molecular weight is 471 g/mol. The molecule has 1 saturated heterocycles. The summed E-state index contributed by atoms with van der Waals surface area (Å²) in [6.07, 6.45) is 4.59. The van der Waals surface area contributed by atoms with Gasteiger partial charge in [-0.05, 0) is 46.0 Å². The molecule has 5 rings (SSSR count). The summed E-state index contributed by atoms with van der Waals surface area (Å²) in [6, 6.07) is 0. The molecule has 5 heterocycles. The Balaban J connectivity index is 1.62. The van der Waals surface area contributed by atoms with E-state index in [4.69, 9.17) is 19.4 Å². The second-order valence-corrected chi connectivity index (χ2v) is 10.5. The zero-order valence-corrected chi connectivity index (χ0v) is 20.9. The number of hydrogen-bond acceptors (Lipinski definition) is 9. The van der Waals surface area contributed by atoms with Gasteiger partial charge in [-0.3, -0.25) is 0 Å². The minimum Gasteiger partial charge on any atom is -0.378 e. The van der Waals surface area contributed by atoms with Gasteiger partial charge in [0.25, 0.3) is 0 Å². The van der Waals surface area contributed by atoms with Crippen LogP contribution in [0.4, 0.5) is 11.6 Å². The largest absolute Gasteiger partial charge is 0.378 e. The Labute approximate surface area is 199 Å². The molecular weight excluding hydrogens is 436 g/mol. The Morgan fingerprint density at radius 2 is 2.03 bits per heavy atom. The van der Waals surface area contributed by atoms with Gasteiger partial charge < -0.3 is 24.6 Å². The van der Waals surface area contributed by atoms with Crippen LogP contribution in [0.1, 0.15) is 37.8 Å².